The first kappa shape index (κ1) is 17.3. The third-order valence-electron chi connectivity index (χ3n) is 2.64. The van der Waals surface area contributed by atoms with Gasteiger partial charge in [0.25, 0.3) is 0 Å². The minimum absolute atomic E-state index is 0.678. The summed E-state index contributed by atoms with van der Waals surface area (Å²) in [6.07, 6.45) is -7.89. The van der Waals surface area contributed by atoms with Crippen LogP contribution in [0, 0.1) is 0 Å². The van der Waals surface area contributed by atoms with Crippen molar-refractivity contribution in [3.8, 4) is 0 Å². The standard InChI is InChI=1S/C12H17FO8/c1-5(15)18-10-8(4-14)21-12(20-7(3)17)11(9(10)13)19-6(2)16/h8-12,14H,4H2,1-3H3/t8-,9+,10-,11+,12?/m1/s1. The lowest BCUT2D eigenvalue weighted by Crippen LogP contribution is -2.60. The fourth-order valence-corrected chi connectivity index (χ4v) is 1.92. The molecule has 0 aromatic carbocycles. The number of aliphatic hydroxyl groups excluding tert-OH is 1. The van der Waals surface area contributed by atoms with Gasteiger partial charge < -0.3 is 24.1 Å². The summed E-state index contributed by atoms with van der Waals surface area (Å²) < 4.78 is 33.8. The minimum atomic E-state index is -2.02. The molecule has 120 valence electrons. The highest BCUT2D eigenvalue weighted by Crippen LogP contribution is 2.29. The van der Waals surface area contributed by atoms with E-state index in [1.54, 1.807) is 0 Å². The van der Waals surface area contributed by atoms with Crippen LogP contribution in [-0.4, -0.2) is 60.4 Å². The fraction of sp³-hybridized carbons (Fsp3) is 0.750. The summed E-state index contributed by atoms with van der Waals surface area (Å²) in [6, 6.07) is 0. The van der Waals surface area contributed by atoms with Gasteiger partial charge in [0.05, 0.1) is 6.61 Å². The molecule has 9 heteroatoms. The van der Waals surface area contributed by atoms with Gasteiger partial charge in [0.1, 0.15) is 6.10 Å². The first-order chi connectivity index (χ1) is 9.76. The Balaban J connectivity index is 2.99. The fourth-order valence-electron chi connectivity index (χ4n) is 1.92. The van der Waals surface area contributed by atoms with Crippen molar-refractivity contribution in [2.45, 2.75) is 51.5 Å². The molecule has 8 nitrogen and oxygen atoms in total. The molecule has 1 aliphatic rings. The maximum absolute atomic E-state index is 14.4. The molecule has 0 saturated carbocycles. The van der Waals surface area contributed by atoms with Crippen LogP contribution in [0.2, 0.25) is 0 Å². The van der Waals surface area contributed by atoms with Gasteiger partial charge in [-0.1, -0.05) is 0 Å². The molecule has 1 N–H and O–H groups in total. The lowest BCUT2D eigenvalue weighted by atomic mass is 10.00. The molecule has 1 heterocycles. The second kappa shape index (κ2) is 7.32. The van der Waals surface area contributed by atoms with Crippen molar-refractivity contribution in [2.24, 2.45) is 0 Å². The van der Waals surface area contributed by atoms with E-state index in [1.165, 1.54) is 0 Å². The second-order valence-electron chi connectivity index (χ2n) is 4.43. The predicted octanol–water partition coefficient (Wildman–Crippen LogP) is -0.532. The second-order valence-corrected chi connectivity index (χ2v) is 4.43. The van der Waals surface area contributed by atoms with Crippen LogP contribution in [0.25, 0.3) is 0 Å². The van der Waals surface area contributed by atoms with Gasteiger partial charge in [-0.3, -0.25) is 14.4 Å². The molecule has 0 amide bonds. The molecular weight excluding hydrogens is 291 g/mol. The van der Waals surface area contributed by atoms with Crippen molar-refractivity contribution >= 4 is 17.9 Å². The number of carbonyl (C=O) groups is 3. The molecular formula is C12H17FO8. The van der Waals surface area contributed by atoms with Crippen LogP contribution in [0.15, 0.2) is 0 Å². The zero-order valence-electron chi connectivity index (χ0n) is 11.8. The highest BCUT2D eigenvalue weighted by molar-refractivity contribution is 5.67. The van der Waals surface area contributed by atoms with Gasteiger partial charge >= 0.3 is 17.9 Å². The number of esters is 3. The summed E-state index contributed by atoms with van der Waals surface area (Å²) in [4.78, 5) is 33.0. The Bertz CT molecular complexity index is 412. The Hall–Kier alpha value is -1.74. The Morgan fingerprint density at radius 3 is 1.90 bits per heavy atom. The average Bonchev–Trinajstić information content (AvgIpc) is 2.35. The quantitative estimate of drug-likeness (QED) is 0.545. The molecule has 1 rings (SSSR count). The predicted molar refractivity (Wildman–Crippen MR) is 63.5 cm³/mol. The lowest BCUT2D eigenvalue weighted by molar-refractivity contribution is -0.287. The highest BCUT2D eigenvalue weighted by Gasteiger charge is 2.51. The summed E-state index contributed by atoms with van der Waals surface area (Å²) in [5, 5.41) is 9.18. The third-order valence-corrected chi connectivity index (χ3v) is 2.64. The van der Waals surface area contributed by atoms with Crippen LogP contribution in [0.1, 0.15) is 20.8 Å². The van der Waals surface area contributed by atoms with E-state index in [2.05, 4.69) is 0 Å². The van der Waals surface area contributed by atoms with E-state index in [1.807, 2.05) is 0 Å². The van der Waals surface area contributed by atoms with Gasteiger partial charge in [-0.25, -0.2) is 4.39 Å². The lowest BCUT2D eigenvalue weighted by Gasteiger charge is -2.40. The molecule has 1 fully saturated rings. The Morgan fingerprint density at radius 1 is 1.00 bits per heavy atom. The molecule has 1 unspecified atom stereocenters. The first-order valence-electron chi connectivity index (χ1n) is 6.18. The zero-order chi connectivity index (χ0) is 16.2. The van der Waals surface area contributed by atoms with E-state index in [9.17, 15) is 23.9 Å². The van der Waals surface area contributed by atoms with E-state index in [-0.39, 0.29) is 0 Å². The molecule has 0 bridgehead atoms. The summed E-state index contributed by atoms with van der Waals surface area (Å²) >= 11 is 0. The highest BCUT2D eigenvalue weighted by atomic mass is 19.1. The third kappa shape index (κ3) is 4.64. The molecule has 0 aromatic heterocycles. The van der Waals surface area contributed by atoms with E-state index >= 15 is 0 Å². The minimum Gasteiger partial charge on any atom is -0.456 e. The number of carbonyl (C=O) groups excluding carboxylic acids is 3. The van der Waals surface area contributed by atoms with Gasteiger partial charge in [-0.05, 0) is 0 Å². The molecule has 0 radical (unpaired) electrons. The van der Waals surface area contributed by atoms with Gasteiger partial charge in [0.15, 0.2) is 18.4 Å². The molecule has 0 aliphatic carbocycles. The van der Waals surface area contributed by atoms with Crippen LogP contribution in [-0.2, 0) is 33.3 Å². The zero-order valence-corrected chi connectivity index (χ0v) is 11.8. The summed E-state index contributed by atoms with van der Waals surface area (Å²) in [5.74, 6) is -2.41. The molecule has 1 aliphatic heterocycles. The molecule has 5 atom stereocenters. The summed E-state index contributed by atoms with van der Waals surface area (Å²) in [5.41, 5.74) is 0. The number of rotatable bonds is 4. The molecule has 0 spiro atoms. The van der Waals surface area contributed by atoms with Crippen molar-refractivity contribution in [1.82, 2.24) is 0 Å². The van der Waals surface area contributed by atoms with Gasteiger partial charge in [-0.15, -0.1) is 0 Å². The molecule has 21 heavy (non-hydrogen) atoms. The number of hydrogen-bond donors (Lipinski definition) is 1. The first-order valence-corrected chi connectivity index (χ1v) is 6.18. The van der Waals surface area contributed by atoms with Crippen molar-refractivity contribution in [3.63, 3.8) is 0 Å². The van der Waals surface area contributed by atoms with E-state index in [4.69, 9.17) is 18.9 Å². The van der Waals surface area contributed by atoms with Crippen LogP contribution in [0.5, 0.6) is 0 Å². The summed E-state index contributed by atoms with van der Waals surface area (Å²) in [7, 11) is 0. The SMILES string of the molecule is CC(=O)OC1O[C@H](CO)[C@@H](OC(C)=O)[C@H](F)[C@@H]1OC(C)=O. The van der Waals surface area contributed by atoms with E-state index < -0.39 is 55.3 Å². The Morgan fingerprint density at radius 2 is 1.48 bits per heavy atom. The average molecular weight is 308 g/mol. The van der Waals surface area contributed by atoms with Crippen LogP contribution in [0.4, 0.5) is 4.39 Å². The van der Waals surface area contributed by atoms with Crippen LogP contribution >= 0.6 is 0 Å². The molecule has 0 aromatic rings. The van der Waals surface area contributed by atoms with Gasteiger partial charge in [0.2, 0.25) is 6.29 Å². The van der Waals surface area contributed by atoms with Crippen molar-refractivity contribution < 1.29 is 42.8 Å². The topological polar surface area (TPSA) is 108 Å². The number of aliphatic hydroxyl groups is 1. The van der Waals surface area contributed by atoms with Crippen molar-refractivity contribution in [3.05, 3.63) is 0 Å². The van der Waals surface area contributed by atoms with E-state index in [0.29, 0.717) is 0 Å². The largest absolute Gasteiger partial charge is 0.456 e. The maximum atomic E-state index is 14.4. The number of halogens is 1. The van der Waals surface area contributed by atoms with Gasteiger partial charge in [-0.2, -0.15) is 0 Å². The monoisotopic (exact) mass is 308 g/mol. The van der Waals surface area contributed by atoms with E-state index in [0.717, 1.165) is 20.8 Å². The van der Waals surface area contributed by atoms with Crippen LogP contribution < -0.4 is 0 Å². The van der Waals surface area contributed by atoms with Crippen molar-refractivity contribution in [1.29, 1.82) is 0 Å². The maximum Gasteiger partial charge on any atom is 0.305 e. The summed E-state index contributed by atoms with van der Waals surface area (Å²) in [6.45, 7) is 2.48. The normalized spacial score (nSPS) is 32.1. The smallest absolute Gasteiger partial charge is 0.305 e. The van der Waals surface area contributed by atoms with Crippen molar-refractivity contribution in [2.75, 3.05) is 6.61 Å². The Kier molecular flexibility index (Phi) is 6.03. The Labute approximate surface area is 120 Å². The van der Waals surface area contributed by atoms with Gasteiger partial charge in [0, 0.05) is 20.8 Å². The molecule has 1 saturated heterocycles. The van der Waals surface area contributed by atoms with Crippen LogP contribution in [0.3, 0.4) is 0 Å². The number of hydrogen-bond acceptors (Lipinski definition) is 8. The number of ether oxygens (including phenoxy) is 4. The number of alkyl halides is 1.